The SMILES string of the molecule is Cc1ccsc1C(=O)N1CCN(C(=O)c2nnn3c2CO[C@H](c2ccccc2)C3)CC1. The molecule has 0 saturated carbocycles. The van der Waals surface area contributed by atoms with E-state index in [9.17, 15) is 9.59 Å². The van der Waals surface area contributed by atoms with Gasteiger partial charge < -0.3 is 14.5 Å². The number of nitrogens with zero attached hydrogens (tertiary/aromatic N) is 5. The zero-order chi connectivity index (χ0) is 21.4. The third-order valence-corrected chi connectivity index (χ3v) is 6.89. The Morgan fingerprint density at radius 2 is 1.74 bits per heavy atom. The predicted octanol–water partition coefficient (Wildman–Crippen LogP) is 2.52. The van der Waals surface area contributed by atoms with Crippen molar-refractivity contribution in [2.24, 2.45) is 0 Å². The van der Waals surface area contributed by atoms with E-state index in [1.54, 1.807) is 9.58 Å². The van der Waals surface area contributed by atoms with Crippen LogP contribution in [0.4, 0.5) is 0 Å². The van der Waals surface area contributed by atoms with Gasteiger partial charge in [0.15, 0.2) is 5.69 Å². The highest BCUT2D eigenvalue weighted by atomic mass is 32.1. The highest BCUT2D eigenvalue weighted by Crippen LogP contribution is 2.27. The Morgan fingerprint density at radius 3 is 2.42 bits per heavy atom. The monoisotopic (exact) mass is 437 g/mol. The van der Waals surface area contributed by atoms with E-state index in [-0.39, 0.29) is 17.9 Å². The number of carbonyl (C=O) groups is 2. The second-order valence-electron chi connectivity index (χ2n) is 7.79. The minimum atomic E-state index is -0.151. The van der Waals surface area contributed by atoms with Crippen molar-refractivity contribution in [1.29, 1.82) is 0 Å². The van der Waals surface area contributed by atoms with E-state index in [1.165, 1.54) is 11.3 Å². The summed E-state index contributed by atoms with van der Waals surface area (Å²) < 4.78 is 7.78. The van der Waals surface area contributed by atoms with Gasteiger partial charge in [0.25, 0.3) is 11.8 Å². The summed E-state index contributed by atoms with van der Waals surface area (Å²) in [6, 6.07) is 11.9. The van der Waals surface area contributed by atoms with Gasteiger partial charge in [0.2, 0.25) is 0 Å². The fourth-order valence-electron chi connectivity index (χ4n) is 4.04. The third-order valence-electron chi connectivity index (χ3n) is 5.88. The summed E-state index contributed by atoms with van der Waals surface area (Å²) in [6.07, 6.45) is -0.103. The summed E-state index contributed by atoms with van der Waals surface area (Å²) in [5.74, 6) is -0.108. The number of ether oxygens (including phenoxy) is 1. The molecule has 9 heteroatoms. The van der Waals surface area contributed by atoms with E-state index in [2.05, 4.69) is 10.3 Å². The average Bonchev–Trinajstić information content (AvgIpc) is 3.44. The van der Waals surface area contributed by atoms with E-state index in [1.807, 2.05) is 53.6 Å². The van der Waals surface area contributed by atoms with Crippen molar-refractivity contribution in [3.05, 3.63) is 69.2 Å². The lowest BCUT2D eigenvalue weighted by atomic mass is 10.1. The molecule has 2 aliphatic heterocycles. The predicted molar refractivity (Wildman–Crippen MR) is 115 cm³/mol. The first-order valence-electron chi connectivity index (χ1n) is 10.3. The molecule has 0 spiro atoms. The van der Waals surface area contributed by atoms with Gasteiger partial charge in [-0.1, -0.05) is 35.5 Å². The van der Waals surface area contributed by atoms with Crippen LogP contribution in [0.2, 0.25) is 0 Å². The van der Waals surface area contributed by atoms with Crippen LogP contribution in [-0.2, 0) is 17.9 Å². The second kappa shape index (κ2) is 8.24. The van der Waals surface area contributed by atoms with Crippen LogP contribution in [0.15, 0.2) is 41.8 Å². The molecule has 2 aromatic heterocycles. The van der Waals surface area contributed by atoms with Crippen molar-refractivity contribution in [3.8, 4) is 0 Å². The number of carbonyl (C=O) groups excluding carboxylic acids is 2. The topological polar surface area (TPSA) is 80.6 Å². The maximum absolute atomic E-state index is 13.1. The fourth-order valence-corrected chi connectivity index (χ4v) is 4.94. The van der Waals surface area contributed by atoms with Crippen LogP contribution in [0.1, 0.15) is 43.1 Å². The highest BCUT2D eigenvalue weighted by Gasteiger charge is 2.32. The molecule has 2 aliphatic rings. The molecule has 8 nitrogen and oxygen atoms in total. The quantitative estimate of drug-likeness (QED) is 0.629. The van der Waals surface area contributed by atoms with Crippen LogP contribution in [0.3, 0.4) is 0 Å². The summed E-state index contributed by atoms with van der Waals surface area (Å²) in [5.41, 5.74) is 3.14. The number of piperazine rings is 1. The first-order chi connectivity index (χ1) is 15.1. The number of fused-ring (bicyclic) bond motifs is 1. The molecule has 5 rings (SSSR count). The van der Waals surface area contributed by atoms with Gasteiger partial charge >= 0.3 is 0 Å². The lowest BCUT2D eigenvalue weighted by Gasteiger charge is -2.34. The van der Waals surface area contributed by atoms with E-state index < -0.39 is 0 Å². The van der Waals surface area contributed by atoms with E-state index in [0.29, 0.717) is 50.7 Å². The standard InChI is InChI=1S/C22H23N5O3S/c1-15-7-12-31-20(15)22(29)26-10-8-25(9-11-26)21(28)19-17-14-30-18(13-27(17)24-23-19)16-5-3-2-4-6-16/h2-7,12,18H,8-11,13-14H2,1H3/t18-/m0/s1. The molecule has 0 aliphatic carbocycles. The first-order valence-corrected chi connectivity index (χ1v) is 11.2. The van der Waals surface area contributed by atoms with Crippen molar-refractivity contribution in [2.45, 2.75) is 26.2 Å². The van der Waals surface area contributed by atoms with Crippen LogP contribution >= 0.6 is 11.3 Å². The van der Waals surface area contributed by atoms with Crippen LogP contribution < -0.4 is 0 Å². The van der Waals surface area contributed by atoms with E-state index in [0.717, 1.165) is 16.0 Å². The van der Waals surface area contributed by atoms with Gasteiger partial charge in [-0.15, -0.1) is 16.4 Å². The summed E-state index contributed by atoms with van der Waals surface area (Å²) in [4.78, 5) is 30.2. The Morgan fingerprint density at radius 1 is 1.03 bits per heavy atom. The maximum Gasteiger partial charge on any atom is 0.276 e. The van der Waals surface area contributed by atoms with Crippen molar-refractivity contribution < 1.29 is 14.3 Å². The first kappa shape index (κ1) is 19.9. The largest absolute Gasteiger partial charge is 0.365 e. The summed E-state index contributed by atoms with van der Waals surface area (Å²) in [7, 11) is 0. The minimum Gasteiger partial charge on any atom is -0.365 e. The molecule has 2 amide bonds. The molecule has 0 bridgehead atoms. The molecule has 160 valence electrons. The highest BCUT2D eigenvalue weighted by molar-refractivity contribution is 7.12. The van der Waals surface area contributed by atoms with E-state index in [4.69, 9.17) is 4.74 Å². The lowest BCUT2D eigenvalue weighted by molar-refractivity contribution is -0.00202. The van der Waals surface area contributed by atoms with Crippen molar-refractivity contribution in [2.75, 3.05) is 26.2 Å². The zero-order valence-corrected chi connectivity index (χ0v) is 18.0. The van der Waals surface area contributed by atoms with Crippen LogP contribution in [0.5, 0.6) is 0 Å². The smallest absolute Gasteiger partial charge is 0.276 e. The van der Waals surface area contributed by atoms with Crippen molar-refractivity contribution in [3.63, 3.8) is 0 Å². The van der Waals surface area contributed by atoms with Gasteiger partial charge in [0, 0.05) is 26.2 Å². The molecule has 4 heterocycles. The van der Waals surface area contributed by atoms with Gasteiger partial charge in [-0.2, -0.15) is 0 Å². The Kier molecular flexibility index (Phi) is 5.29. The molecule has 3 aromatic rings. The van der Waals surface area contributed by atoms with Gasteiger partial charge in [0.05, 0.1) is 23.7 Å². The number of aryl methyl sites for hydroxylation is 1. The molecule has 1 atom stereocenters. The Bertz CT molecular complexity index is 1100. The van der Waals surface area contributed by atoms with Gasteiger partial charge in [-0.3, -0.25) is 9.59 Å². The molecule has 1 fully saturated rings. The zero-order valence-electron chi connectivity index (χ0n) is 17.2. The van der Waals surface area contributed by atoms with Gasteiger partial charge in [0.1, 0.15) is 6.10 Å². The lowest BCUT2D eigenvalue weighted by Crippen LogP contribution is -2.50. The molecule has 1 aromatic carbocycles. The minimum absolute atomic E-state index is 0.0426. The molecule has 1 saturated heterocycles. The Labute approximate surface area is 184 Å². The molecule has 0 unspecified atom stereocenters. The number of thiophene rings is 1. The molecule has 0 radical (unpaired) electrons. The summed E-state index contributed by atoms with van der Waals surface area (Å²) >= 11 is 1.46. The summed E-state index contributed by atoms with van der Waals surface area (Å²) in [6.45, 7) is 4.76. The van der Waals surface area contributed by atoms with Crippen molar-refractivity contribution in [1.82, 2.24) is 24.8 Å². The van der Waals surface area contributed by atoms with Crippen LogP contribution in [-0.4, -0.2) is 62.8 Å². The molecule has 0 N–H and O–H groups in total. The Hall–Kier alpha value is -3.04. The number of benzene rings is 1. The number of rotatable bonds is 3. The van der Waals surface area contributed by atoms with Gasteiger partial charge in [-0.05, 0) is 29.5 Å². The summed E-state index contributed by atoms with van der Waals surface area (Å²) in [5, 5.41) is 10.3. The second-order valence-corrected chi connectivity index (χ2v) is 8.71. The number of amides is 2. The van der Waals surface area contributed by atoms with Gasteiger partial charge in [-0.25, -0.2) is 4.68 Å². The Balaban J connectivity index is 1.24. The van der Waals surface area contributed by atoms with Crippen LogP contribution in [0.25, 0.3) is 0 Å². The normalized spacial score (nSPS) is 18.7. The third kappa shape index (κ3) is 3.75. The number of hydrogen-bond acceptors (Lipinski definition) is 6. The molecular weight excluding hydrogens is 414 g/mol. The maximum atomic E-state index is 13.1. The number of hydrogen-bond donors (Lipinski definition) is 0. The van der Waals surface area contributed by atoms with Crippen molar-refractivity contribution >= 4 is 23.2 Å². The molecular formula is C22H23N5O3S. The van der Waals surface area contributed by atoms with Crippen LogP contribution in [0, 0.1) is 6.92 Å². The number of aromatic nitrogens is 3. The average molecular weight is 438 g/mol. The van der Waals surface area contributed by atoms with E-state index >= 15 is 0 Å². The molecule has 31 heavy (non-hydrogen) atoms. The fraction of sp³-hybridized carbons (Fsp3) is 0.364.